The monoisotopic (exact) mass is 366 g/mol. The Morgan fingerprint density at radius 1 is 0.909 bits per heavy atom. The minimum Gasteiger partial charge on any atom is -0.0882 e. The van der Waals surface area contributed by atoms with Crippen LogP contribution in [0.5, 0.6) is 0 Å². The largest absolute Gasteiger partial charge is 0.0882 e. The third-order valence-electron chi connectivity index (χ3n) is 1.52. The molecule has 0 atom stereocenters. The molecule has 0 N–H and O–H groups in total. The van der Waals surface area contributed by atoms with Crippen LogP contribution in [0.2, 0.25) is 0 Å². The van der Waals surface area contributed by atoms with E-state index in [2.05, 4.69) is 44.0 Å². The first kappa shape index (κ1) is 12.1. The molecule has 1 rings (SSSR count). The molecule has 0 radical (unpaired) electrons. The van der Waals surface area contributed by atoms with E-state index in [-0.39, 0.29) is 19.5 Å². The van der Waals surface area contributed by atoms with Gasteiger partial charge < -0.3 is 0 Å². The number of allylic oxidation sites excluding steroid dienone is 4. The molecule has 0 unspecified atom stereocenters. The Bertz CT molecular complexity index is 155. The average Bonchev–Trinajstić information content (AvgIpc) is 1.92. The summed E-state index contributed by atoms with van der Waals surface area (Å²) in [5, 5.41) is 0. The molecule has 1 aliphatic rings. The Morgan fingerprint density at radius 2 is 1.27 bits per heavy atom. The van der Waals surface area contributed by atoms with Crippen molar-refractivity contribution in [1.82, 2.24) is 0 Å². The van der Waals surface area contributed by atoms with Crippen LogP contribution in [-0.4, -0.2) is 0 Å². The first-order chi connectivity index (χ1) is 4.80. The van der Waals surface area contributed by atoms with Gasteiger partial charge in [-0.3, -0.25) is 0 Å². The van der Waals surface area contributed by atoms with Crippen LogP contribution < -0.4 is 0 Å². The molecular formula is C8H10Br2Ru. The van der Waals surface area contributed by atoms with Gasteiger partial charge in [-0.2, -0.15) is 0 Å². The molecule has 11 heavy (non-hydrogen) atoms. The van der Waals surface area contributed by atoms with Gasteiger partial charge in [-0.15, -0.1) is 0 Å². The van der Waals surface area contributed by atoms with Gasteiger partial charge in [0.25, 0.3) is 0 Å². The minimum atomic E-state index is 0. The second-order valence-electron chi connectivity index (χ2n) is 2.36. The molecule has 0 saturated heterocycles. The zero-order valence-corrected chi connectivity index (χ0v) is 11.0. The maximum atomic E-state index is 3.54. The van der Waals surface area contributed by atoms with Gasteiger partial charge in [-0.05, 0) is 25.7 Å². The zero-order chi connectivity index (χ0) is 7.40. The van der Waals surface area contributed by atoms with Crippen molar-refractivity contribution in [2.75, 3.05) is 0 Å². The summed E-state index contributed by atoms with van der Waals surface area (Å²) >= 11 is 7.07. The molecule has 0 aromatic heterocycles. The van der Waals surface area contributed by atoms with Crippen LogP contribution in [0.1, 0.15) is 25.7 Å². The van der Waals surface area contributed by atoms with Gasteiger partial charge in [0.05, 0.1) is 0 Å². The minimum absolute atomic E-state index is 0. The zero-order valence-electron chi connectivity index (χ0n) is 6.09. The molecule has 0 fully saturated rings. The van der Waals surface area contributed by atoms with E-state index < -0.39 is 0 Å². The van der Waals surface area contributed by atoms with Crippen LogP contribution in [0.25, 0.3) is 0 Å². The van der Waals surface area contributed by atoms with Crippen molar-refractivity contribution < 1.29 is 19.5 Å². The first-order valence-electron chi connectivity index (χ1n) is 3.48. The van der Waals surface area contributed by atoms with Gasteiger partial charge in [0.2, 0.25) is 0 Å². The molecule has 0 bridgehead atoms. The summed E-state index contributed by atoms with van der Waals surface area (Å²) in [5.41, 5.74) is 0. The molecule has 64 valence electrons. The molecule has 1 aliphatic carbocycles. The number of hydrogen-bond donors (Lipinski definition) is 0. The summed E-state index contributed by atoms with van der Waals surface area (Å²) in [5.74, 6) is 0. The van der Waals surface area contributed by atoms with Gasteiger partial charge >= 0.3 is 0 Å². The van der Waals surface area contributed by atoms with Crippen molar-refractivity contribution in [1.29, 1.82) is 0 Å². The molecule has 0 aliphatic heterocycles. The summed E-state index contributed by atoms with van der Waals surface area (Å²) in [7, 11) is 0. The van der Waals surface area contributed by atoms with E-state index in [1.165, 1.54) is 8.96 Å². The SMILES string of the molecule is Br/C1=C(\Br)CC/C=C\CC1.[Ru]. The molecule has 0 spiro atoms. The van der Waals surface area contributed by atoms with Crippen molar-refractivity contribution >= 4 is 31.9 Å². The van der Waals surface area contributed by atoms with E-state index in [1.54, 1.807) is 0 Å². The van der Waals surface area contributed by atoms with E-state index in [0.29, 0.717) is 0 Å². The van der Waals surface area contributed by atoms with Crippen LogP contribution in [0.4, 0.5) is 0 Å². The first-order valence-corrected chi connectivity index (χ1v) is 5.07. The predicted molar refractivity (Wildman–Crippen MR) is 52.5 cm³/mol. The smallest absolute Gasteiger partial charge is 0.00550 e. The van der Waals surface area contributed by atoms with E-state index in [0.717, 1.165) is 25.7 Å². The summed E-state index contributed by atoms with van der Waals surface area (Å²) in [4.78, 5) is 0. The maximum absolute atomic E-state index is 3.54. The Balaban J connectivity index is 0.000001000. The van der Waals surface area contributed by atoms with Crippen LogP contribution >= 0.6 is 31.9 Å². The number of hydrogen-bond acceptors (Lipinski definition) is 0. The van der Waals surface area contributed by atoms with E-state index >= 15 is 0 Å². The molecule has 0 aromatic rings. The summed E-state index contributed by atoms with van der Waals surface area (Å²) in [6.07, 6.45) is 9.10. The fraction of sp³-hybridized carbons (Fsp3) is 0.500. The second-order valence-corrected chi connectivity index (χ2v) is 4.27. The Hall–Kier alpha value is 1.06. The molecule has 0 heterocycles. The molecule has 0 aromatic carbocycles. The summed E-state index contributed by atoms with van der Waals surface area (Å²) in [6.45, 7) is 0. The predicted octanol–water partition coefficient (Wildman–Crippen LogP) is 4.12. The van der Waals surface area contributed by atoms with Crippen molar-refractivity contribution in [2.24, 2.45) is 0 Å². The van der Waals surface area contributed by atoms with Gasteiger partial charge in [-0.1, -0.05) is 44.0 Å². The van der Waals surface area contributed by atoms with Crippen molar-refractivity contribution in [2.45, 2.75) is 25.7 Å². The van der Waals surface area contributed by atoms with Gasteiger partial charge in [-0.25, -0.2) is 0 Å². The van der Waals surface area contributed by atoms with Gasteiger partial charge in [0, 0.05) is 28.4 Å². The van der Waals surface area contributed by atoms with Gasteiger partial charge in [0.15, 0.2) is 0 Å². The summed E-state index contributed by atoms with van der Waals surface area (Å²) < 4.78 is 2.66. The maximum Gasteiger partial charge on any atom is 0.00550 e. The van der Waals surface area contributed by atoms with Crippen molar-refractivity contribution in [3.05, 3.63) is 21.1 Å². The normalized spacial score (nSPS) is 28.2. The van der Waals surface area contributed by atoms with E-state index in [4.69, 9.17) is 0 Å². The Labute approximate surface area is 97.5 Å². The molecule has 0 saturated carbocycles. The standard InChI is InChI=1S/C8H10Br2.Ru/c9-7-5-3-1-2-4-6-8(7)10;/h1-2H,3-6H2;/b2-1-,8-7-;. The fourth-order valence-corrected chi connectivity index (χ4v) is 1.78. The van der Waals surface area contributed by atoms with E-state index in [1.807, 2.05) is 0 Å². The van der Waals surface area contributed by atoms with Crippen molar-refractivity contribution in [3.8, 4) is 0 Å². The third-order valence-corrected chi connectivity index (χ3v) is 3.80. The molecular weight excluding hydrogens is 357 g/mol. The number of rotatable bonds is 0. The van der Waals surface area contributed by atoms with Gasteiger partial charge in [0.1, 0.15) is 0 Å². The second kappa shape index (κ2) is 6.57. The van der Waals surface area contributed by atoms with Crippen LogP contribution in [0.15, 0.2) is 21.1 Å². The number of halogens is 2. The van der Waals surface area contributed by atoms with Crippen LogP contribution in [0, 0.1) is 0 Å². The molecule has 3 heteroatoms. The quantitative estimate of drug-likeness (QED) is 0.447. The van der Waals surface area contributed by atoms with Crippen molar-refractivity contribution in [3.63, 3.8) is 0 Å². The van der Waals surface area contributed by atoms with Crippen LogP contribution in [-0.2, 0) is 19.5 Å². The fourth-order valence-electron chi connectivity index (χ4n) is 0.927. The Kier molecular flexibility index (Phi) is 7.20. The Morgan fingerprint density at radius 3 is 1.64 bits per heavy atom. The van der Waals surface area contributed by atoms with Crippen LogP contribution in [0.3, 0.4) is 0 Å². The summed E-state index contributed by atoms with van der Waals surface area (Å²) in [6, 6.07) is 0. The topological polar surface area (TPSA) is 0 Å². The molecule has 0 amide bonds. The van der Waals surface area contributed by atoms with E-state index in [9.17, 15) is 0 Å². The third kappa shape index (κ3) is 4.60. The average molecular weight is 367 g/mol. The molecule has 0 nitrogen and oxygen atoms in total.